The van der Waals surface area contributed by atoms with Crippen molar-refractivity contribution in [1.82, 2.24) is 9.78 Å². The third-order valence-electron chi connectivity index (χ3n) is 2.68. The van der Waals surface area contributed by atoms with Gasteiger partial charge >= 0.3 is 0 Å². The predicted octanol–water partition coefficient (Wildman–Crippen LogP) is 3.44. The van der Waals surface area contributed by atoms with Crippen molar-refractivity contribution < 1.29 is 5.11 Å². The molecule has 0 aliphatic carbocycles. The van der Waals surface area contributed by atoms with E-state index in [0.29, 0.717) is 23.2 Å². The van der Waals surface area contributed by atoms with Crippen LogP contribution in [0.25, 0.3) is 0 Å². The number of hydrogen-bond acceptors (Lipinski definition) is 3. The Kier molecular flexibility index (Phi) is 3.77. The van der Waals surface area contributed by atoms with Crippen LogP contribution in [0.5, 0.6) is 5.75 Å². The summed E-state index contributed by atoms with van der Waals surface area (Å²) >= 11 is 6.03. The van der Waals surface area contributed by atoms with Crippen LogP contribution >= 0.6 is 11.6 Å². The Morgan fingerprint density at radius 1 is 1.39 bits per heavy atom. The van der Waals surface area contributed by atoms with Gasteiger partial charge in [-0.2, -0.15) is 5.10 Å². The highest BCUT2D eigenvalue weighted by atomic mass is 35.5. The number of rotatable bonds is 4. The number of benzene rings is 1. The van der Waals surface area contributed by atoms with Gasteiger partial charge in [0, 0.05) is 35.4 Å². The van der Waals surface area contributed by atoms with Crippen LogP contribution in [0.2, 0.25) is 5.02 Å². The molecule has 0 aliphatic heterocycles. The lowest BCUT2D eigenvalue weighted by molar-refractivity contribution is 0.469. The molecule has 4 nitrogen and oxygen atoms in total. The van der Waals surface area contributed by atoms with Gasteiger partial charge in [-0.25, -0.2) is 0 Å². The zero-order chi connectivity index (χ0) is 13.1. The Labute approximate surface area is 111 Å². The molecule has 0 saturated heterocycles. The summed E-state index contributed by atoms with van der Waals surface area (Å²) in [4.78, 5) is 0. The van der Waals surface area contributed by atoms with Gasteiger partial charge in [-0.3, -0.25) is 4.68 Å². The van der Waals surface area contributed by atoms with Crippen LogP contribution in [0, 0.1) is 0 Å². The number of hydrogen-bond donors (Lipinski definition) is 2. The second-order valence-electron chi connectivity index (χ2n) is 4.37. The van der Waals surface area contributed by atoms with Crippen LogP contribution in [0.4, 0.5) is 5.82 Å². The zero-order valence-corrected chi connectivity index (χ0v) is 11.1. The molecular formula is C13H16ClN3O. The number of phenolic OH excluding ortho intramolecular Hbond substituents is 1. The van der Waals surface area contributed by atoms with E-state index in [0.717, 1.165) is 5.82 Å². The topological polar surface area (TPSA) is 50.1 Å². The molecule has 2 rings (SSSR count). The number of nitrogens with zero attached hydrogens (tertiary/aromatic N) is 2. The summed E-state index contributed by atoms with van der Waals surface area (Å²) in [5.74, 6) is 0.960. The molecular weight excluding hydrogens is 250 g/mol. The van der Waals surface area contributed by atoms with Gasteiger partial charge in [-0.05, 0) is 26.0 Å². The molecule has 0 atom stereocenters. The molecule has 0 radical (unpaired) electrons. The third kappa shape index (κ3) is 2.76. The van der Waals surface area contributed by atoms with Crippen molar-refractivity contribution in [1.29, 1.82) is 0 Å². The fraction of sp³-hybridized carbons (Fsp3) is 0.308. The number of phenols is 1. The van der Waals surface area contributed by atoms with E-state index in [1.54, 1.807) is 18.2 Å². The normalized spacial score (nSPS) is 10.9. The highest BCUT2D eigenvalue weighted by Crippen LogP contribution is 2.25. The first kappa shape index (κ1) is 12.8. The molecule has 0 bridgehead atoms. The largest absolute Gasteiger partial charge is 0.508 e. The van der Waals surface area contributed by atoms with Gasteiger partial charge in [0.2, 0.25) is 0 Å². The summed E-state index contributed by atoms with van der Waals surface area (Å²) in [6.07, 6.45) is 1.92. The summed E-state index contributed by atoms with van der Waals surface area (Å²) in [5, 5.41) is 17.8. The van der Waals surface area contributed by atoms with E-state index in [2.05, 4.69) is 24.3 Å². The van der Waals surface area contributed by atoms with E-state index in [1.165, 1.54) is 0 Å². The molecule has 0 unspecified atom stereocenters. The van der Waals surface area contributed by atoms with E-state index in [-0.39, 0.29) is 5.75 Å². The van der Waals surface area contributed by atoms with Gasteiger partial charge < -0.3 is 10.4 Å². The van der Waals surface area contributed by atoms with Crippen LogP contribution < -0.4 is 5.32 Å². The molecule has 1 aromatic heterocycles. The van der Waals surface area contributed by atoms with Crippen molar-refractivity contribution in [3.63, 3.8) is 0 Å². The van der Waals surface area contributed by atoms with Crippen LogP contribution in [0.3, 0.4) is 0 Å². The van der Waals surface area contributed by atoms with E-state index in [9.17, 15) is 5.11 Å². The molecule has 18 heavy (non-hydrogen) atoms. The maximum atomic E-state index is 9.71. The second kappa shape index (κ2) is 5.31. The van der Waals surface area contributed by atoms with Crippen molar-refractivity contribution in [2.24, 2.45) is 0 Å². The first-order valence-electron chi connectivity index (χ1n) is 5.83. The molecule has 0 spiro atoms. The van der Waals surface area contributed by atoms with Crippen molar-refractivity contribution in [3.05, 3.63) is 41.0 Å². The van der Waals surface area contributed by atoms with Gasteiger partial charge in [0.05, 0.1) is 0 Å². The van der Waals surface area contributed by atoms with Crippen LogP contribution in [-0.2, 0) is 6.54 Å². The average molecular weight is 266 g/mol. The first-order valence-corrected chi connectivity index (χ1v) is 6.21. The van der Waals surface area contributed by atoms with Gasteiger partial charge in [0.1, 0.15) is 11.6 Å². The fourth-order valence-corrected chi connectivity index (χ4v) is 1.86. The van der Waals surface area contributed by atoms with E-state index < -0.39 is 0 Å². The minimum Gasteiger partial charge on any atom is -0.508 e. The summed E-state index contributed by atoms with van der Waals surface area (Å²) in [7, 11) is 0. The summed E-state index contributed by atoms with van der Waals surface area (Å²) in [6.45, 7) is 4.58. The Morgan fingerprint density at radius 3 is 2.78 bits per heavy atom. The summed E-state index contributed by atoms with van der Waals surface area (Å²) in [5.41, 5.74) is 0.679. The molecule has 0 amide bonds. The Hall–Kier alpha value is -1.68. The van der Waals surface area contributed by atoms with Crippen molar-refractivity contribution in [3.8, 4) is 5.75 Å². The van der Waals surface area contributed by atoms with Crippen molar-refractivity contribution in [2.75, 3.05) is 5.32 Å². The number of halogens is 1. The summed E-state index contributed by atoms with van der Waals surface area (Å²) < 4.78 is 1.87. The molecule has 5 heteroatoms. The Morgan fingerprint density at radius 2 is 2.17 bits per heavy atom. The lowest BCUT2D eigenvalue weighted by atomic mass is 10.2. The highest BCUT2D eigenvalue weighted by Gasteiger charge is 2.07. The van der Waals surface area contributed by atoms with Gasteiger partial charge in [0.15, 0.2) is 0 Å². The van der Waals surface area contributed by atoms with Crippen LogP contribution in [-0.4, -0.2) is 14.9 Å². The fourth-order valence-electron chi connectivity index (χ4n) is 1.62. The molecule has 1 heterocycles. The lowest BCUT2D eigenvalue weighted by Gasteiger charge is -2.08. The minimum atomic E-state index is 0.193. The SMILES string of the molecule is CC(C)n1ccc(NCc2c(O)cccc2Cl)n1. The average Bonchev–Trinajstić information content (AvgIpc) is 2.77. The maximum Gasteiger partial charge on any atom is 0.148 e. The van der Waals surface area contributed by atoms with Gasteiger partial charge in [0.25, 0.3) is 0 Å². The van der Waals surface area contributed by atoms with Crippen LogP contribution in [0.15, 0.2) is 30.5 Å². The second-order valence-corrected chi connectivity index (χ2v) is 4.77. The number of aromatic nitrogens is 2. The maximum absolute atomic E-state index is 9.71. The van der Waals surface area contributed by atoms with Crippen LogP contribution in [0.1, 0.15) is 25.5 Å². The zero-order valence-electron chi connectivity index (χ0n) is 10.4. The quantitative estimate of drug-likeness (QED) is 0.890. The van der Waals surface area contributed by atoms with Crippen molar-refractivity contribution >= 4 is 17.4 Å². The lowest BCUT2D eigenvalue weighted by Crippen LogP contribution is -2.04. The molecule has 0 fully saturated rings. The smallest absolute Gasteiger partial charge is 0.148 e. The summed E-state index contributed by atoms with van der Waals surface area (Å²) in [6, 6.07) is 7.32. The Balaban J connectivity index is 2.07. The molecule has 1 aromatic carbocycles. The van der Waals surface area contributed by atoms with Gasteiger partial charge in [-0.1, -0.05) is 17.7 Å². The third-order valence-corrected chi connectivity index (χ3v) is 3.03. The van der Waals surface area contributed by atoms with E-state index in [4.69, 9.17) is 11.6 Å². The molecule has 0 aliphatic rings. The monoisotopic (exact) mass is 265 g/mol. The minimum absolute atomic E-state index is 0.193. The number of aromatic hydroxyl groups is 1. The number of nitrogens with one attached hydrogen (secondary N) is 1. The molecule has 2 N–H and O–H groups in total. The highest BCUT2D eigenvalue weighted by molar-refractivity contribution is 6.31. The number of anilines is 1. The molecule has 0 saturated carbocycles. The standard InChI is InChI=1S/C13H16ClN3O/c1-9(2)17-7-6-13(16-17)15-8-10-11(14)4-3-5-12(10)18/h3-7,9,18H,8H2,1-2H3,(H,15,16). The van der Waals surface area contributed by atoms with Gasteiger partial charge in [-0.15, -0.1) is 0 Å². The van der Waals surface area contributed by atoms with E-state index >= 15 is 0 Å². The van der Waals surface area contributed by atoms with Crippen molar-refractivity contribution in [2.45, 2.75) is 26.4 Å². The molecule has 2 aromatic rings. The Bertz CT molecular complexity index is 517. The first-order chi connectivity index (χ1) is 8.58. The predicted molar refractivity (Wildman–Crippen MR) is 73.1 cm³/mol. The molecule has 96 valence electrons. The van der Waals surface area contributed by atoms with E-state index in [1.807, 2.05) is 16.9 Å².